The second-order valence-electron chi connectivity index (χ2n) is 6.15. The first-order chi connectivity index (χ1) is 13.6. The van der Waals surface area contributed by atoms with E-state index in [4.69, 9.17) is 9.47 Å². The Labute approximate surface area is 163 Å². The third kappa shape index (κ3) is 4.76. The van der Waals surface area contributed by atoms with E-state index in [1.54, 1.807) is 20.3 Å². The molecule has 7 nitrogen and oxygen atoms in total. The highest BCUT2D eigenvalue weighted by Gasteiger charge is 2.12. The highest BCUT2D eigenvalue weighted by atomic mass is 16.5. The Morgan fingerprint density at radius 2 is 1.79 bits per heavy atom. The number of aromatic nitrogens is 2. The van der Waals surface area contributed by atoms with Gasteiger partial charge < -0.3 is 20.1 Å². The second-order valence-corrected chi connectivity index (χ2v) is 6.15. The van der Waals surface area contributed by atoms with Gasteiger partial charge in [-0.25, -0.2) is 9.97 Å². The molecule has 1 aromatic heterocycles. The molecule has 0 spiro atoms. The molecular weight excluding hydrogens is 356 g/mol. The first kappa shape index (κ1) is 19.2. The van der Waals surface area contributed by atoms with Crippen LogP contribution in [0, 0.1) is 6.92 Å². The van der Waals surface area contributed by atoms with Gasteiger partial charge in [-0.3, -0.25) is 4.79 Å². The van der Waals surface area contributed by atoms with Crippen molar-refractivity contribution in [2.24, 2.45) is 0 Å². The van der Waals surface area contributed by atoms with Crippen LogP contribution in [0.2, 0.25) is 0 Å². The number of nitrogens with zero attached hydrogens (tertiary/aromatic N) is 2. The van der Waals surface area contributed by atoms with Gasteiger partial charge in [0, 0.05) is 12.6 Å². The molecule has 144 valence electrons. The first-order valence-corrected chi connectivity index (χ1v) is 8.74. The van der Waals surface area contributed by atoms with Crippen LogP contribution in [0.1, 0.15) is 21.6 Å². The number of rotatable bonds is 7. The van der Waals surface area contributed by atoms with Gasteiger partial charge in [0.15, 0.2) is 0 Å². The molecule has 0 fully saturated rings. The summed E-state index contributed by atoms with van der Waals surface area (Å²) in [5.74, 6) is 1.62. The molecule has 28 heavy (non-hydrogen) atoms. The molecule has 2 aromatic carbocycles. The number of aryl methyl sites for hydroxylation is 1. The minimum atomic E-state index is -0.334. The predicted molar refractivity (Wildman–Crippen MR) is 108 cm³/mol. The number of nitrogens with one attached hydrogen (secondary N) is 2. The van der Waals surface area contributed by atoms with Gasteiger partial charge in [0.25, 0.3) is 5.91 Å². The van der Waals surface area contributed by atoms with Crippen molar-refractivity contribution >= 4 is 17.4 Å². The maximum atomic E-state index is 12.6. The number of carbonyl (C=O) groups excluding carboxylic acids is 1. The number of benzene rings is 2. The molecule has 3 rings (SSSR count). The lowest BCUT2D eigenvalue weighted by molar-refractivity contribution is 0.102. The van der Waals surface area contributed by atoms with Crippen molar-refractivity contribution < 1.29 is 14.3 Å². The van der Waals surface area contributed by atoms with Crippen LogP contribution in [0.4, 0.5) is 11.5 Å². The Kier molecular flexibility index (Phi) is 6.06. The summed E-state index contributed by atoms with van der Waals surface area (Å²) in [6.45, 7) is 2.51. The van der Waals surface area contributed by atoms with E-state index >= 15 is 0 Å². The molecule has 7 heteroatoms. The van der Waals surface area contributed by atoms with Crippen molar-refractivity contribution in [2.75, 3.05) is 24.9 Å². The van der Waals surface area contributed by atoms with Crippen LogP contribution in [0.3, 0.4) is 0 Å². The van der Waals surface area contributed by atoms with Gasteiger partial charge in [-0.2, -0.15) is 0 Å². The highest BCUT2D eigenvalue weighted by Crippen LogP contribution is 2.25. The largest absolute Gasteiger partial charge is 0.497 e. The summed E-state index contributed by atoms with van der Waals surface area (Å²) in [5, 5.41) is 6.03. The normalized spacial score (nSPS) is 10.2. The zero-order valence-electron chi connectivity index (χ0n) is 16.0. The molecule has 0 bridgehead atoms. The smallest absolute Gasteiger partial charge is 0.274 e. The summed E-state index contributed by atoms with van der Waals surface area (Å²) in [4.78, 5) is 20.8. The Balaban J connectivity index is 1.68. The number of hydrogen-bond acceptors (Lipinski definition) is 6. The summed E-state index contributed by atoms with van der Waals surface area (Å²) in [5.41, 5.74) is 2.94. The lowest BCUT2D eigenvalue weighted by Gasteiger charge is -2.11. The van der Waals surface area contributed by atoms with Crippen molar-refractivity contribution in [3.8, 4) is 11.5 Å². The lowest BCUT2D eigenvalue weighted by Crippen LogP contribution is -2.15. The van der Waals surface area contributed by atoms with Crippen LogP contribution in [-0.2, 0) is 6.54 Å². The summed E-state index contributed by atoms with van der Waals surface area (Å²) < 4.78 is 10.4. The quantitative estimate of drug-likeness (QED) is 0.653. The fourth-order valence-electron chi connectivity index (χ4n) is 2.62. The first-order valence-electron chi connectivity index (χ1n) is 8.74. The van der Waals surface area contributed by atoms with Gasteiger partial charge in [0.05, 0.1) is 19.9 Å². The number of methoxy groups -OCH3 is 2. The van der Waals surface area contributed by atoms with Crippen molar-refractivity contribution in [1.82, 2.24) is 9.97 Å². The molecule has 0 aliphatic carbocycles. The molecule has 0 aliphatic heterocycles. The fraction of sp³-hybridized carbons (Fsp3) is 0.190. The van der Waals surface area contributed by atoms with E-state index in [2.05, 4.69) is 20.6 Å². The van der Waals surface area contributed by atoms with Crippen LogP contribution >= 0.6 is 0 Å². The minimum absolute atomic E-state index is 0.260. The monoisotopic (exact) mass is 378 g/mol. The number of ether oxygens (including phenoxy) is 2. The van der Waals surface area contributed by atoms with Gasteiger partial charge in [0.2, 0.25) is 0 Å². The van der Waals surface area contributed by atoms with Crippen LogP contribution in [0.25, 0.3) is 0 Å². The van der Waals surface area contributed by atoms with E-state index in [-0.39, 0.29) is 11.6 Å². The van der Waals surface area contributed by atoms with Crippen LogP contribution in [0.5, 0.6) is 11.5 Å². The van der Waals surface area contributed by atoms with Crippen molar-refractivity contribution in [3.63, 3.8) is 0 Å². The number of carbonyl (C=O) groups is 1. The number of hydrogen-bond donors (Lipinski definition) is 2. The molecule has 0 saturated heterocycles. The Morgan fingerprint density at radius 3 is 2.50 bits per heavy atom. The van der Waals surface area contributed by atoms with Crippen LogP contribution in [0.15, 0.2) is 54.9 Å². The molecule has 1 amide bonds. The molecular formula is C21H22N4O3. The number of anilines is 2. The zero-order valence-corrected chi connectivity index (χ0v) is 16.0. The second kappa shape index (κ2) is 8.85. The predicted octanol–water partition coefficient (Wildman–Crippen LogP) is 3.67. The van der Waals surface area contributed by atoms with Gasteiger partial charge in [-0.1, -0.05) is 18.2 Å². The van der Waals surface area contributed by atoms with Crippen molar-refractivity contribution in [3.05, 3.63) is 71.7 Å². The van der Waals surface area contributed by atoms with E-state index in [0.29, 0.717) is 23.8 Å². The number of amides is 1. The van der Waals surface area contributed by atoms with E-state index in [1.165, 1.54) is 6.33 Å². The standard InChI is InChI=1S/C21H22N4O3/c1-14-4-9-19(28-3)17(10-14)25-21(26)18-11-20(24-13-23-18)22-12-15-5-7-16(27-2)8-6-15/h4-11,13H,12H2,1-3H3,(H,25,26)(H,22,23,24). The average molecular weight is 378 g/mol. The maximum Gasteiger partial charge on any atom is 0.274 e. The van der Waals surface area contributed by atoms with Gasteiger partial charge >= 0.3 is 0 Å². The highest BCUT2D eigenvalue weighted by molar-refractivity contribution is 6.04. The molecule has 0 radical (unpaired) electrons. The van der Waals surface area contributed by atoms with E-state index in [9.17, 15) is 4.79 Å². The van der Waals surface area contributed by atoms with Crippen LogP contribution in [-0.4, -0.2) is 30.1 Å². The van der Waals surface area contributed by atoms with E-state index < -0.39 is 0 Å². The fourth-order valence-corrected chi connectivity index (χ4v) is 2.62. The zero-order chi connectivity index (χ0) is 19.9. The molecule has 0 aliphatic rings. The topological polar surface area (TPSA) is 85.4 Å². The molecule has 0 unspecified atom stereocenters. The molecule has 2 N–H and O–H groups in total. The van der Waals surface area contributed by atoms with Gasteiger partial charge in [-0.05, 0) is 42.3 Å². The molecule has 1 heterocycles. The van der Waals surface area contributed by atoms with Gasteiger partial charge in [0.1, 0.15) is 29.3 Å². The molecule has 3 aromatic rings. The third-order valence-corrected chi connectivity index (χ3v) is 4.14. The van der Waals surface area contributed by atoms with Crippen molar-refractivity contribution in [1.29, 1.82) is 0 Å². The molecule has 0 atom stereocenters. The maximum absolute atomic E-state index is 12.6. The van der Waals surface area contributed by atoms with Gasteiger partial charge in [-0.15, -0.1) is 0 Å². The summed E-state index contributed by atoms with van der Waals surface area (Å²) in [6, 6.07) is 14.9. The van der Waals surface area contributed by atoms with Crippen molar-refractivity contribution in [2.45, 2.75) is 13.5 Å². The Morgan fingerprint density at radius 1 is 1.00 bits per heavy atom. The molecule has 0 saturated carbocycles. The summed E-state index contributed by atoms with van der Waals surface area (Å²) in [7, 11) is 3.19. The summed E-state index contributed by atoms with van der Waals surface area (Å²) in [6.07, 6.45) is 1.36. The van der Waals surface area contributed by atoms with E-state index in [1.807, 2.05) is 49.4 Å². The van der Waals surface area contributed by atoms with E-state index in [0.717, 1.165) is 16.9 Å². The SMILES string of the molecule is COc1ccc(CNc2cc(C(=O)Nc3cc(C)ccc3OC)ncn2)cc1. The Hall–Kier alpha value is -3.61. The lowest BCUT2D eigenvalue weighted by atomic mass is 10.2. The average Bonchev–Trinajstić information content (AvgIpc) is 2.73. The third-order valence-electron chi connectivity index (χ3n) is 4.14. The minimum Gasteiger partial charge on any atom is -0.497 e. The van der Waals surface area contributed by atoms with Crippen LogP contribution < -0.4 is 20.1 Å². The summed E-state index contributed by atoms with van der Waals surface area (Å²) >= 11 is 0. The Bertz CT molecular complexity index is 958.